The summed E-state index contributed by atoms with van der Waals surface area (Å²) in [5.74, 6) is 1.41. The van der Waals surface area contributed by atoms with Crippen LogP contribution in [0.4, 0.5) is 5.69 Å². The van der Waals surface area contributed by atoms with E-state index in [9.17, 15) is 9.59 Å². The Bertz CT molecular complexity index is 1100. The molecule has 2 amide bonds. The van der Waals surface area contributed by atoms with E-state index in [-0.39, 0.29) is 17.6 Å². The number of anilines is 1. The minimum absolute atomic E-state index is 0.0972. The Labute approximate surface area is 191 Å². The number of hydrogen-bond donors (Lipinski definition) is 2. The second-order valence-corrected chi connectivity index (χ2v) is 8.29. The van der Waals surface area contributed by atoms with Crippen LogP contribution in [-0.4, -0.2) is 46.0 Å². The highest BCUT2D eigenvalue weighted by molar-refractivity contribution is 7.99. The Morgan fingerprint density at radius 1 is 1.09 bits per heavy atom. The number of rotatable bonds is 9. The summed E-state index contributed by atoms with van der Waals surface area (Å²) in [6.07, 6.45) is 0.528. The molecular formula is C23H27N5O3S. The topological polar surface area (TPSA) is 98.1 Å². The van der Waals surface area contributed by atoms with Crippen LogP contribution >= 0.6 is 11.8 Å². The van der Waals surface area contributed by atoms with Gasteiger partial charge in [0.2, 0.25) is 5.91 Å². The minimum Gasteiger partial charge on any atom is -0.497 e. The quantitative estimate of drug-likeness (QED) is 0.483. The summed E-state index contributed by atoms with van der Waals surface area (Å²) in [6.45, 7) is 4.38. The summed E-state index contributed by atoms with van der Waals surface area (Å²) in [7, 11) is 3.44. The number of carbonyl (C=O) groups excluding carboxylic acids is 2. The molecule has 0 bridgehead atoms. The highest BCUT2D eigenvalue weighted by atomic mass is 32.2. The van der Waals surface area contributed by atoms with Gasteiger partial charge in [0, 0.05) is 31.3 Å². The van der Waals surface area contributed by atoms with E-state index in [1.54, 1.807) is 31.4 Å². The average molecular weight is 454 g/mol. The third-order valence-corrected chi connectivity index (χ3v) is 5.93. The molecule has 0 atom stereocenters. The summed E-state index contributed by atoms with van der Waals surface area (Å²) >= 11 is 1.32. The van der Waals surface area contributed by atoms with Gasteiger partial charge in [0.1, 0.15) is 11.6 Å². The maximum absolute atomic E-state index is 12.3. The molecule has 8 nitrogen and oxygen atoms in total. The predicted octanol–water partition coefficient (Wildman–Crippen LogP) is 3.14. The number of nitrogens with one attached hydrogen (secondary N) is 2. The lowest BCUT2D eigenvalue weighted by molar-refractivity contribution is -0.113. The molecule has 0 aliphatic rings. The molecule has 0 unspecified atom stereocenters. The molecule has 0 aliphatic carbocycles. The Balaban J connectivity index is 1.47. The van der Waals surface area contributed by atoms with Gasteiger partial charge in [0.15, 0.2) is 5.16 Å². The van der Waals surface area contributed by atoms with E-state index < -0.39 is 0 Å². The van der Waals surface area contributed by atoms with Gasteiger partial charge in [-0.15, -0.1) is 10.2 Å². The average Bonchev–Trinajstić information content (AvgIpc) is 3.14. The number of carbonyl (C=O) groups is 2. The van der Waals surface area contributed by atoms with Crippen LogP contribution in [0.5, 0.6) is 5.75 Å². The summed E-state index contributed by atoms with van der Waals surface area (Å²) in [4.78, 5) is 24.6. The zero-order valence-electron chi connectivity index (χ0n) is 18.6. The van der Waals surface area contributed by atoms with Gasteiger partial charge in [-0.05, 0) is 55.3 Å². The molecule has 9 heteroatoms. The van der Waals surface area contributed by atoms with E-state index in [1.165, 1.54) is 11.8 Å². The van der Waals surface area contributed by atoms with Gasteiger partial charge in [-0.2, -0.15) is 0 Å². The zero-order valence-corrected chi connectivity index (χ0v) is 19.5. The maximum atomic E-state index is 12.3. The van der Waals surface area contributed by atoms with Gasteiger partial charge in [-0.3, -0.25) is 9.59 Å². The fourth-order valence-corrected chi connectivity index (χ4v) is 3.74. The smallest absolute Gasteiger partial charge is 0.251 e. The highest BCUT2D eigenvalue weighted by Crippen LogP contribution is 2.19. The number of ether oxygens (including phenoxy) is 1. The molecule has 0 aliphatic heterocycles. The fourth-order valence-electron chi connectivity index (χ4n) is 3.01. The van der Waals surface area contributed by atoms with Crippen molar-refractivity contribution in [2.75, 3.05) is 24.7 Å². The van der Waals surface area contributed by atoms with Crippen molar-refractivity contribution in [2.24, 2.45) is 7.05 Å². The summed E-state index contributed by atoms with van der Waals surface area (Å²) in [5.41, 5.74) is 3.50. The van der Waals surface area contributed by atoms with Crippen molar-refractivity contribution in [1.29, 1.82) is 0 Å². The lowest BCUT2D eigenvalue weighted by Gasteiger charge is -2.09. The Morgan fingerprint density at radius 3 is 2.56 bits per heavy atom. The van der Waals surface area contributed by atoms with Gasteiger partial charge in [-0.1, -0.05) is 23.9 Å². The molecule has 3 rings (SSSR count). The van der Waals surface area contributed by atoms with Crippen molar-refractivity contribution < 1.29 is 14.3 Å². The molecule has 2 aromatic carbocycles. The molecule has 168 valence electrons. The number of aryl methyl sites for hydroxylation is 2. The van der Waals surface area contributed by atoms with E-state index in [0.717, 1.165) is 22.6 Å². The number of benzene rings is 2. The van der Waals surface area contributed by atoms with E-state index >= 15 is 0 Å². The van der Waals surface area contributed by atoms with Crippen molar-refractivity contribution in [2.45, 2.75) is 25.4 Å². The van der Waals surface area contributed by atoms with E-state index in [1.807, 2.05) is 43.7 Å². The molecule has 2 N–H and O–H groups in total. The monoisotopic (exact) mass is 453 g/mol. The van der Waals surface area contributed by atoms with Crippen LogP contribution in [0.1, 0.15) is 27.3 Å². The first-order chi connectivity index (χ1) is 15.4. The van der Waals surface area contributed by atoms with Gasteiger partial charge < -0.3 is 19.9 Å². The number of thioether (sulfide) groups is 1. The summed E-state index contributed by atoms with van der Waals surface area (Å²) in [6, 6.07) is 12.9. The number of aromatic nitrogens is 3. The van der Waals surface area contributed by atoms with Crippen molar-refractivity contribution >= 4 is 29.3 Å². The van der Waals surface area contributed by atoms with Crippen molar-refractivity contribution in [3.05, 3.63) is 65.0 Å². The highest BCUT2D eigenvalue weighted by Gasteiger charge is 2.13. The fraction of sp³-hybridized carbons (Fsp3) is 0.304. The van der Waals surface area contributed by atoms with Crippen LogP contribution in [0, 0.1) is 13.8 Å². The van der Waals surface area contributed by atoms with Crippen LogP contribution in [0.2, 0.25) is 0 Å². The molecule has 1 aromatic heterocycles. The zero-order chi connectivity index (χ0) is 23.1. The van der Waals surface area contributed by atoms with E-state index in [2.05, 4.69) is 20.8 Å². The van der Waals surface area contributed by atoms with Crippen LogP contribution in [-0.2, 0) is 18.3 Å². The molecule has 0 saturated carbocycles. The Hall–Kier alpha value is -3.33. The van der Waals surface area contributed by atoms with Crippen molar-refractivity contribution in [1.82, 2.24) is 20.1 Å². The minimum atomic E-state index is -0.160. The van der Waals surface area contributed by atoms with Gasteiger partial charge >= 0.3 is 0 Å². The predicted molar refractivity (Wildman–Crippen MR) is 125 cm³/mol. The van der Waals surface area contributed by atoms with Crippen molar-refractivity contribution in [3.8, 4) is 5.75 Å². The van der Waals surface area contributed by atoms with Crippen LogP contribution in [0.3, 0.4) is 0 Å². The SMILES string of the molecule is COc1ccc(C(=O)NCCc2nnc(SCC(=O)Nc3cc(C)ccc3C)n2C)cc1. The van der Waals surface area contributed by atoms with E-state index in [4.69, 9.17) is 4.74 Å². The van der Waals surface area contributed by atoms with Crippen molar-refractivity contribution in [3.63, 3.8) is 0 Å². The third kappa shape index (κ3) is 6.10. The summed E-state index contributed by atoms with van der Waals surface area (Å²) < 4.78 is 6.94. The Morgan fingerprint density at radius 2 is 1.84 bits per heavy atom. The normalized spacial score (nSPS) is 10.6. The Kier molecular flexibility index (Phi) is 7.88. The third-order valence-electron chi connectivity index (χ3n) is 4.91. The molecular weight excluding hydrogens is 426 g/mol. The molecule has 0 saturated heterocycles. The first-order valence-corrected chi connectivity index (χ1v) is 11.2. The van der Waals surface area contributed by atoms with Gasteiger partial charge in [0.25, 0.3) is 5.91 Å². The molecule has 0 spiro atoms. The number of nitrogens with zero attached hydrogens (tertiary/aromatic N) is 3. The van der Waals surface area contributed by atoms with Crippen LogP contribution in [0.25, 0.3) is 0 Å². The second kappa shape index (κ2) is 10.8. The molecule has 1 heterocycles. The first-order valence-electron chi connectivity index (χ1n) is 10.2. The lowest BCUT2D eigenvalue weighted by atomic mass is 10.1. The lowest BCUT2D eigenvalue weighted by Crippen LogP contribution is -2.26. The van der Waals surface area contributed by atoms with Crippen LogP contribution in [0.15, 0.2) is 47.6 Å². The van der Waals surface area contributed by atoms with Gasteiger partial charge in [-0.25, -0.2) is 0 Å². The summed E-state index contributed by atoms with van der Waals surface area (Å²) in [5, 5.41) is 14.8. The largest absolute Gasteiger partial charge is 0.497 e. The van der Waals surface area contributed by atoms with Crippen LogP contribution < -0.4 is 15.4 Å². The molecule has 3 aromatic rings. The molecule has 0 radical (unpaired) electrons. The first kappa shape index (κ1) is 23.3. The molecule has 0 fully saturated rings. The van der Waals surface area contributed by atoms with Gasteiger partial charge in [0.05, 0.1) is 12.9 Å². The maximum Gasteiger partial charge on any atom is 0.251 e. The standard InChI is InChI=1S/C23H27N5O3S/c1-15-5-6-16(2)19(13-15)25-21(29)14-32-23-27-26-20(28(23)3)11-12-24-22(30)17-7-9-18(31-4)10-8-17/h5-10,13H,11-12,14H2,1-4H3,(H,24,30)(H,25,29). The number of methoxy groups -OCH3 is 1. The van der Waals surface area contributed by atoms with E-state index in [0.29, 0.717) is 29.4 Å². The number of amides is 2. The second-order valence-electron chi connectivity index (χ2n) is 7.35. The number of hydrogen-bond acceptors (Lipinski definition) is 6. The molecule has 32 heavy (non-hydrogen) atoms.